The Labute approximate surface area is 137 Å². The molecule has 0 saturated carbocycles. The maximum absolute atomic E-state index is 6.34. The van der Waals surface area contributed by atoms with Gasteiger partial charge in [0.15, 0.2) is 0 Å². The minimum absolute atomic E-state index is 0.180. The molecule has 2 heterocycles. The lowest BCUT2D eigenvalue weighted by atomic mass is 10.1. The van der Waals surface area contributed by atoms with Crippen molar-refractivity contribution in [1.29, 1.82) is 0 Å². The summed E-state index contributed by atoms with van der Waals surface area (Å²) in [6.07, 6.45) is 2.88. The molecule has 0 N–H and O–H groups in total. The number of rotatable bonds is 5. The molecule has 118 valence electrons. The van der Waals surface area contributed by atoms with Gasteiger partial charge in [-0.15, -0.1) is 0 Å². The molecule has 0 bridgehead atoms. The maximum atomic E-state index is 6.34. The van der Waals surface area contributed by atoms with Crippen LogP contribution in [-0.4, -0.2) is 41.2 Å². The van der Waals surface area contributed by atoms with Crippen LogP contribution < -0.4 is 0 Å². The van der Waals surface area contributed by atoms with Gasteiger partial charge in [0.05, 0.1) is 18.2 Å². The number of nitrogens with zero attached hydrogens (tertiary/aromatic N) is 3. The molecular weight excluding hydrogens is 329 g/mol. The molecule has 1 saturated heterocycles. The van der Waals surface area contributed by atoms with Crippen LogP contribution in [0.3, 0.4) is 0 Å². The zero-order valence-electron chi connectivity index (χ0n) is 11.9. The summed E-state index contributed by atoms with van der Waals surface area (Å²) in [5.41, 5.74) is 0.702. The molecule has 6 nitrogen and oxygen atoms in total. The monoisotopic (exact) mass is 343 g/mol. The zero-order valence-corrected chi connectivity index (χ0v) is 13.4. The van der Waals surface area contributed by atoms with Crippen molar-refractivity contribution < 1.29 is 14.2 Å². The topological polar surface area (TPSA) is 58.4 Å². The standard InChI is InChI=1S/C14H15Cl2N3O3/c1-20-5-11-6-21-14(22-11,7-19-9-17-8-18-19)12-3-2-10(15)4-13(12)16/h2-4,8-9,11H,5-7H2,1H3. The smallest absolute Gasteiger partial charge is 0.217 e. The van der Waals surface area contributed by atoms with Crippen LogP contribution in [-0.2, 0) is 26.5 Å². The lowest BCUT2D eigenvalue weighted by molar-refractivity contribution is -0.192. The van der Waals surface area contributed by atoms with Crippen molar-refractivity contribution >= 4 is 23.2 Å². The number of benzene rings is 1. The lowest BCUT2D eigenvalue weighted by Crippen LogP contribution is -2.34. The summed E-state index contributed by atoms with van der Waals surface area (Å²) in [6, 6.07) is 5.22. The lowest BCUT2D eigenvalue weighted by Gasteiger charge is -2.29. The first-order valence-electron chi connectivity index (χ1n) is 6.71. The second kappa shape index (κ2) is 6.52. The predicted octanol–water partition coefficient (Wildman–Crippen LogP) is 2.50. The molecule has 1 aliphatic rings. The summed E-state index contributed by atoms with van der Waals surface area (Å²) in [5, 5.41) is 5.14. The summed E-state index contributed by atoms with van der Waals surface area (Å²) in [6.45, 7) is 1.17. The van der Waals surface area contributed by atoms with Gasteiger partial charge >= 0.3 is 0 Å². The third-order valence-corrected chi connectivity index (χ3v) is 3.94. The second-order valence-electron chi connectivity index (χ2n) is 4.98. The Morgan fingerprint density at radius 2 is 2.32 bits per heavy atom. The Morgan fingerprint density at radius 1 is 1.45 bits per heavy atom. The van der Waals surface area contributed by atoms with Crippen molar-refractivity contribution in [3.05, 3.63) is 46.5 Å². The first kappa shape index (κ1) is 15.7. The number of hydrogen-bond donors (Lipinski definition) is 0. The molecule has 0 amide bonds. The molecule has 2 unspecified atom stereocenters. The molecule has 2 atom stereocenters. The summed E-state index contributed by atoms with van der Waals surface area (Å²) in [5.74, 6) is -1.04. The Kier molecular flexibility index (Phi) is 4.65. The molecule has 2 aromatic rings. The van der Waals surface area contributed by atoms with E-state index in [0.29, 0.717) is 35.4 Å². The van der Waals surface area contributed by atoms with Gasteiger partial charge in [0, 0.05) is 17.7 Å². The molecule has 3 rings (SSSR count). The number of halogens is 2. The number of aromatic nitrogens is 3. The van der Waals surface area contributed by atoms with E-state index in [9.17, 15) is 0 Å². The van der Waals surface area contributed by atoms with Crippen molar-refractivity contribution in [2.45, 2.75) is 18.4 Å². The molecule has 8 heteroatoms. The van der Waals surface area contributed by atoms with Gasteiger partial charge in [0.2, 0.25) is 5.79 Å². The third kappa shape index (κ3) is 3.11. The normalized spacial score (nSPS) is 24.8. The number of hydrogen-bond acceptors (Lipinski definition) is 5. The van der Waals surface area contributed by atoms with Gasteiger partial charge < -0.3 is 14.2 Å². The summed E-state index contributed by atoms with van der Waals surface area (Å²) in [7, 11) is 1.62. The van der Waals surface area contributed by atoms with Crippen LogP contribution in [0.15, 0.2) is 30.9 Å². The van der Waals surface area contributed by atoms with Crippen molar-refractivity contribution in [3.8, 4) is 0 Å². The van der Waals surface area contributed by atoms with Gasteiger partial charge in [0.1, 0.15) is 25.3 Å². The molecule has 0 spiro atoms. The largest absolute Gasteiger partial charge is 0.382 e. The summed E-state index contributed by atoms with van der Waals surface area (Å²) >= 11 is 12.3. The second-order valence-corrected chi connectivity index (χ2v) is 5.82. The first-order chi connectivity index (χ1) is 10.6. The highest BCUT2D eigenvalue weighted by molar-refractivity contribution is 6.35. The van der Waals surface area contributed by atoms with Crippen LogP contribution in [0.4, 0.5) is 0 Å². The molecule has 1 fully saturated rings. The van der Waals surface area contributed by atoms with E-state index in [4.69, 9.17) is 37.4 Å². The first-order valence-corrected chi connectivity index (χ1v) is 7.47. The van der Waals surface area contributed by atoms with E-state index in [1.165, 1.54) is 6.33 Å². The van der Waals surface area contributed by atoms with E-state index in [2.05, 4.69) is 10.1 Å². The molecule has 1 aromatic carbocycles. The van der Waals surface area contributed by atoms with Crippen LogP contribution >= 0.6 is 23.2 Å². The highest BCUT2D eigenvalue weighted by Gasteiger charge is 2.45. The van der Waals surface area contributed by atoms with Gasteiger partial charge in [-0.25, -0.2) is 9.67 Å². The highest BCUT2D eigenvalue weighted by atomic mass is 35.5. The van der Waals surface area contributed by atoms with E-state index in [1.54, 1.807) is 36.3 Å². The van der Waals surface area contributed by atoms with E-state index in [-0.39, 0.29) is 6.10 Å². The summed E-state index contributed by atoms with van der Waals surface area (Å²) < 4.78 is 18.9. The molecule has 0 radical (unpaired) electrons. The predicted molar refractivity (Wildman–Crippen MR) is 80.9 cm³/mol. The molecule has 22 heavy (non-hydrogen) atoms. The van der Waals surface area contributed by atoms with E-state index in [0.717, 1.165) is 0 Å². The van der Waals surface area contributed by atoms with Gasteiger partial charge in [-0.1, -0.05) is 29.3 Å². The van der Waals surface area contributed by atoms with Gasteiger partial charge in [0.25, 0.3) is 0 Å². The van der Waals surface area contributed by atoms with Crippen LogP contribution in [0.25, 0.3) is 0 Å². The van der Waals surface area contributed by atoms with Crippen molar-refractivity contribution in [1.82, 2.24) is 14.8 Å². The quantitative estimate of drug-likeness (QED) is 0.834. The average molecular weight is 344 g/mol. The minimum atomic E-state index is -1.04. The minimum Gasteiger partial charge on any atom is -0.382 e. The van der Waals surface area contributed by atoms with Crippen molar-refractivity contribution in [2.24, 2.45) is 0 Å². The van der Waals surface area contributed by atoms with E-state index >= 15 is 0 Å². The van der Waals surface area contributed by atoms with Crippen molar-refractivity contribution in [2.75, 3.05) is 20.3 Å². The van der Waals surface area contributed by atoms with Crippen LogP contribution in [0, 0.1) is 0 Å². The fourth-order valence-electron chi connectivity index (χ4n) is 2.47. The van der Waals surface area contributed by atoms with Crippen LogP contribution in [0.2, 0.25) is 10.0 Å². The molecular formula is C14H15Cl2N3O3. The van der Waals surface area contributed by atoms with E-state index < -0.39 is 5.79 Å². The Balaban J connectivity index is 1.96. The third-order valence-electron chi connectivity index (χ3n) is 3.39. The van der Waals surface area contributed by atoms with Crippen molar-refractivity contribution in [3.63, 3.8) is 0 Å². The Bertz CT molecular complexity index is 638. The molecule has 0 aliphatic carbocycles. The zero-order chi connectivity index (χ0) is 15.6. The van der Waals surface area contributed by atoms with E-state index in [1.807, 2.05) is 0 Å². The van der Waals surface area contributed by atoms with Gasteiger partial charge in [-0.05, 0) is 12.1 Å². The SMILES string of the molecule is COCC1COC(Cn2cncn2)(c2ccc(Cl)cc2Cl)O1. The fraction of sp³-hybridized carbons (Fsp3) is 0.429. The molecule has 1 aromatic heterocycles. The van der Waals surface area contributed by atoms with Gasteiger partial charge in [-0.2, -0.15) is 5.10 Å². The van der Waals surface area contributed by atoms with Crippen LogP contribution in [0.5, 0.6) is 0 Å². The number of ether oxygens (including phenoxy) is 3. The summed E-state index contributed by atoms with van der Waals surface area (Å²) in [4.78, 5) is 3.94. The maximum Gasteiger partial charge on any atom is 0.217 e. The van der Waals surface area contributed by atoms with Gasteiger partial charge in [-0.3, -0.25) is 0 Å². The molecule has 1 aliphatic heterocycles. The number of methoxy groups -OCH3 is 1. The average Bonchev–Trinajstić information content (AvgIpc) is 3.10. The highest BCUT2D eigenvalue weighted by Crippen LogP contribution is 2.40. The van der Waals surface area contributed by atoms with Crippen LogP contribution in [0.1, 0.15) is 5.56 Å². The Morgan fingerprint density at radius 3 is 3.00 bits per heavy atom. The Hall–Kier alpha value is -1.18. The fourth-order valence-corrected chi connectivity index (χ4v) is 3.02.